The summed E-state index contributed by atoms with van der Waals surface area (Å²) in [5, 5.41) is 6.24. The van der Waals surface area contributed by atoms with Crippen molar-refractivity contribution in [2.45, 2.75) is 44.6 Å². The monoisotopic (exact) mass is 444 g/mol. The maximum Gasteiger partial charge on any atom is 0.261 e. The molecule has 3 rings (SSSR count). The van der Waals surface area contributed by atoms with E-state index < -0.39 is 10.0 Å². The van der Waals surface area contributed by atoms with Crippen LogP contribution in [0.25, 0.3) is 0 Å². The molecule has 1 atom stereocenters. The second-order valence-corrected chi connectivity index (χ2v) is 9.54. The minimum absolute atomic E-state index is 0.0394. The molecule has 1 aliphatic heterocycles. The van der Waals surface area contributed by atoms with Crippen LogP contribution in [0.2, 0.25) is 0 Å². The Morgan fingerprint density at radius 1 is 1.10 bits per heavy atom. The Morgan fingerprint density at radius 2 is 1.77 bits per heavy atom. The fourth-order valence-electron chi connectivity index (χ4n) is 3.46. The maximum atomic E-state index is 13.1. The van der Waals surface area contributed by atoms with Crippen LogP contribution in [0.1, 0.15) is 43.1 Å². The molecular formula is C23H32N4O3S. The molecule has 168 valence electrons. The molecule has 1 amide bonds. The zero-order chi connectivity index (χ0) is 22.4. The molecule has 0 spiro atoms. The number of carbonyl (C=O) groups is 1. The van der Waals surface area contributed by atoms with Crippen molar-refractivity contribution in [2.24, 2.45) is 0 Å². The summed E-state index contributed by atoms with van der Waals surface area (Å²) >= 11 is 0. The van der Waals surface area contributed by atoms with Crippen molar-refractivity contribution < 1.29 is 13.2 Å². The summed E-state index contributed by atoms with van der Waals surface area (Å²) in [7, 11) is -3.79. The summed E-state index contributed by atoms with van der Waals surface area (Å²) in [6, 6.07) is 12.1. The predicted octanol–water partition coefficient (Wildman–Crippen LogP) is 2.99. The van der Waals surface area contributed by atoms with Gasteiger partial charge in [-0.1, -0.05) is 26.0 Å². The van der Waals surface area contributed by atoms with Crippen LogP contribution in [0.3, 0.4) is 0 Å². The molecule has 0 saturated carbocycles. The Labute approximate surface area is 185 Å². The van der Waals surface area contributed by atoms with Gasteiger partial charge in [-0.2, -0.15) is 0 Å². The topological polar surface area (TPSA) is 90.5 Å². The van der Waals surface area contributed by atoms with E-state index in [1.54, 1.807) is 24.3 Å². The molecule has 7 nitrogen and oxygen atoms in total. The summed E-state index contributed by atoms with van der Waals surface area (Å²) in [4.78, 5) is 15.0. The Kier molecular flexibility index (Phi) is 7.56. The van der Waals surface area contributed by atoms with E-state index in [9.17, 15) is 13.2 Å². The first-order chi connectivity index (χ1) is 14.8. The highest BCUT2D eigenvalue weighted by atomic mass is 32.2. The Balaban J connectivity index is 1.95. The molecule has 0 unspecified atom stereocenters. The van der Waals surface area contributed by atoms with Crippen LogP contribution in [-0.2, 0) is 16.4 Å². The van der Waals surface area contributed by atoms with Gasteiger partial charge < -0.3 is 15.5 Å². The highest BCUT2D eigenvalue weighted by Crippen LogP contribution is 2.30. The van der Waals surface area contributed by atoms with Gasteiger partial charge in [0.15, 0.2) is 0 Å². The fourth-order valence-corrected chi connectivity index (χ4v) is 4.52. The van der Waals surface area contributed by atoms with Crippen molar-refractivity contribution in [3.8, 4) is 0 Å². The molecule has 3 N–H and O–H groups in total. The SMILES string of the molecule is CCc1ccc(S(=O)(=O)Nc2cc(C(=O)N[C@H](C)CC)ccc2N2CCNCC2)cc1. The van der Waals surface area contributed by atoms with Gasteiger partial charge in [0.25, 0.3) is 15.9 Å². The number of piperazine rings is 1. The summed E-state index contributed by atoms with van der Waals surface area (Å²) in [6.45, 7) is 9.13. The smallest absolute Gasteiger partial charge is 0.261 e. The third-order valence-corrected chi connectivity index (χ3v) is 6.97. The first-order valence-electron chi connectivity index (χ1n) is 10.9. The summed E-state index contributed by atoms with van der Waals surface area (Å²) in [5.74, 6) is -0.214. The lowest BCUT2D eigenvalue weighted by Gasteiger charge is -2.31. The van der Waals surface area contributed by atoms with Crippen LogP contribution in [0.5, 0.6) is 0 Å². The molecule has 2 aromatic rings. The van der Waals surface area contributed by atoms with E-state index in [0.717, 1.165) is 50.3 Å². The highest BCUT2D eigenvalue weighted by molar-refractivity contribution is 7.92. The van der Waals surface area contributed by atoms with Crippen LogP contribution >= 0.6 is 0 Å². The lowest BCUT2D eigenvalue weighted by atomic mass is 10.1. The van der Waals surface area contributed by atoms with Crippen LogP contribution < -0.4 is 20.3 Å². The lowest BCUT2D eigenvalue weighted by molar-refractivity contribution is 0.0939. The van der Waals surface area contributed by atoms with Crippen molar-refractivity contribution in [2.75, 3.05) is 35.8 Å². The normalized spacial score (nSPS) is 15.4. The number of benzene rings is 2. The van der Waals surface area contributed by atoms with Gasteiger partial charge in [-0.05, 0) is 55.7 Å². The lowest BCUT2D eigenvalue weighted by Crippen LogP contribution is -2.43. The van der Waals surface area contributed by atoms with Gasteiger partial charge >= 0.3 is 0 Å². The van der Waals surface area contributed by atoms with Crippen LogP contribution in [-0.4, -0.2) is 46.5 Å². The third-order valence-electron chi connectivity index (χ3n) is 5.59. The van der Waals surface area contributed by atoms with Gasteiger partial charge in [0.1, 0.15) is 0 Å². The van der Waals surface area contributed by atoms with Crippen molar-refractivity contribution in [1.29, 1.82) is 0 Å². The van der Waals surface area contributed by atoms with Gasteiger partial charge in [0, 0.05) is 37.8 Å². The first-order valence-corrected chi connectivity index (χ1v) is 12.3. The zero-order valence-electron chi connectivity index (χ0n) is 18.4. The van der Waals surface area contributed by atoms with Crippen molar-refractivity contribution in [3.05, 3.63) is 53.6 Å². The Hall–Kier alpha value is -2.58. The molecule has 1 aliphatic rings. The molecule has 1 heterocycles. The van der Waals surface area contributed by atoms with Gasteiger partial charge in [-0.15, -0.1) is 0 Å². The molecule has 0 aliphatic carbocycles. The van der Waals surface area contributed by atoms with E-state index in [1.165, 1.54) is 0 Å². The molecule has 8 heteroatoms. The fraction of sp³-hybridized carbons (Fsp3) is 0.435. The van der Waals surface area contributed by atoms with E-state index >= 15 is 0 Å². The molecule has 0 radical (unpaired) electrons. The quantitative estimate of drug-likeness (QED) is 0.582. The number of nitrogens with zero attached hydrogens (tertiary/aromatic N) is 1. The molecular weight excluding hydrogens is 412 g/mol. The second kappa shape index (κ2) is 10.2. The molecule has 1 saturated heterocycles. The number of hydrogen-bond acceptors (Lipinski definition) is 5. The van der Waals surface area contributed by atoms with Crippen LogP contribution in [0.4, 0.5) is 11.4 Å². The van der Waals surface area contributed by atoms with E-state index in [2.05, 4.69) is 20.3 Å². The average Bonchev–Trinajstić information content (AvgIpc) is 2.79. The number of anilines is 2. The molecule has 2 aromatic carbocycles. The predicted molar refractivity (Wildman–Crippen MR) is 125 cm³/mol. The zero-order valence-corrected chi connectivity index (χ0v) is 19.3. The number of hydrogen-bond donors (Lipinski definition) is 3. The number of nitrogens with one attached hydrogen (secondary N) is 3. The summed E-state index contributed by atoms with van der Waals surface area (Å²) in [6.07, 6.45) is 1.66. The van der Waals surface area contributed by atoms with Crippen molar-refractivity contribution in [3.63, 3.8) is 0 Å². The first kappa shape index (κ1) is 23.1. The number of carbonyl (C=O) groups excluding carboxylic acids is 1. The van der Waals surface area contributed by atoms with E-state index in [0.29, 0.717) is 11.3 Å². The van der Waals surface area contributed by atoms with Gasteiger partial charge in [-0.3, -0.25) is 9.52 Å². The van der Waals surface area contributed by atoms with Crippen molar-refractivity contribution in [1.82, 2.24) is 10.6 Å². The standard InChI is InChI=1S/C23H32N4O3S/c1-4-17(3)25-23(28)19-8-11-22(27-14-12-24-13-15-27)21(16-19)26-31(29,30)20-9-6-18(5-2)7-10-20/h6-11,16-17,24,26H,4-5,12-15H2,1-3H3,(H,25,28)/t17-/m1/s1. The average molecular weight is 445 g/mol. The number of sulfonamides is 1. The number of aryl methyl sites for hydroxylation is 1. The molecule has 0 aromatic heterocycles. The Bertz CT molecular complexity index is 1000. The van der Waals surface area contributed by atoms with E-state index in [1.807, 2.05) is 39.0 Å². The minimum Gasteiger partial charge on any atom is -0.367 e. The molecule has 0 bridgehead atoms. The highest BCUT2D eigenvalue weighted by Gasteiger charge is 2.21. The number of amides is 1. The van der Waals surface area contributed by atoms with Crippen molar-refractivity contribution >= 4 is 27.3 Å². The largest absolute Gasteiger partial charge is 0.367 e. The minimum atomic E-state index is -3.79. The van der Waals surface area contributed by atoms with Gasteiger partial charge in [0.2, 0.25) is 0 Å². The third kappa shape index (κ3) is 5.77. The maximum absolute atomic E-state index is 13.1. The van der Waals surface area contributed by atoms with Gasteiger partial charge in [-0.25, -0.2) is 8.42 Å². The van der Waals surface area contributed by atoms with E-state index in [-0.39, 0.29) is 16.8 Å². The Morgan fingerprint density at radius 3 is 2.39 bits per heavy atom. The summed E-state index contributed by atoms with van der Waals surface area (Å²) in [5.41, 5.74) is 2.69. The second-order valence-electron chi connectivity index (χ2n) is 7.85. The summed E-state index contributed by atoms with van der Waals surface area (Å²) < 4.78 is 28.9. The van der Waals surface area contributed by atoms with Crippen LogP contribution in [0.15, 0.2) is 47.4 Å². The molecule has 1 fully saturated rings. The van der Waals surface area contributed by atoms with Gasteiger partial charge in [0.05, 0.1) is 16.3 Å². The molecule has 31 heavy (non-hydrogen) atoms. The number of rotatable bonds is 8. The van der Waals surface area contributed by atoms with E-state index in [4.69, 9.17) is 0 Å². The van der Waals surface area contributed by atoms with Crippen LogP contribution in [0, 0.1) is 0 Å².